The number of hydrogen-bond donors (Lipinski definition) is 1. The van der Waals surface area contributed by atoms with Crippen molar-refractivity contribution >= 4 is 0 Å². The maximum absolute atomic E-state index is 4.38. The van der Waals surface area contributed by atoms with E-state index in [2.05, 4.69) is 22.3 Å². The fraction of sp³-hybridized carbons (Fsp3) is 0.733. The molecule has 0 amide bonds. The van der Waals surface area contributed by atoms with Gasteiger partial charge in [-0.2, -0.15) is 5.10 Å². The number of aryl methyl sites for hydroxylation is 1. The van der Waals surface area contributed by atoms with Crippen LogP contribution in [0.25, 0.3) is 0 Å². The van der Waals surface area contributed by atoms with E-state index in [0.29, 0.717) is 6.04 Å². The van der Waals surface area contributed by atoms with Gasteiger partial charge in [-0.05, 0) is 51.9 Å². The Morgan fingerprint density at radius 1 is 1.21 bits per heavy atom. The van der Waals surface area contributed by atoms with E-state index >= 15 is 0 Å². The van der Waals surface area contributed by atoms with E-state index in [9.17, 15) is 0 Å². The molecule has 0 bridgehead atoms. The molecule has 0 saturated heterocycles. The van der Waals surface area contributed by atoms with Crippen molar-refractivity contribution in [3.8, 4) is 0 Å². The summed E-state index contributed by atoms with van der Waals surface area (Å²) in [5.74, 6) is 0.908. The second-order valence-corrected chi connectivity index (χ2v) is 6.00. The third kappa shape index (κ3) is 2.89. The van der Waals surface area contributed by atoms with Crippen molar-refractivity contribution in [1.82, 2.24) is 20.1 Å². The molecule has 0 unspecified atom stereocenters. The summed E-state index contributed by atoms with van der Waals surface area (Å²) in [6.07, 6.45) is 11.1. The minimum Gasteiger partial charge on any atom is -0.305 e. The van der Waals surface area contributed by atoms with E-state index in [1.807, 2.05) is 7.05 Å². The van der Waals surface area contributed by atoms with Crippen molar-refractivity contribution in [1.29, 1.82) is 0 Å². The molecule has 104 valence electrons. The van der Waals surface area contributed by atoms with Crippen LogP contribution >= 0.6 is 0 Å². The summed E-state index contributed by atoms with van der Waals surface area (Å²) in [7, 11) is 1.92. The van der Waals surface area contributed by atoms with Gasteiger partial charge in [0, 0.05) is 13.1 Å². The van der Waals surface area contributed by atoms with Crippen LogP contribution in [0.4, 0.5) is 0 Å². The Morgan fingerprint density at radius 2 is 1.89 bits per heavy atom. The Morgan fingerprint density at radius 3 is 2.42 bits per heavy atom. The van der Waals surface area contributed by atoms with Gasteiger partial charge >= 0.3 is 0 Å². The normalized spacial score (nSPS) is 25.3. The van der Waals surface area contributed by atoms with Crippen molar-refractivity contribution in [2.45, 2.75) is 64.0 Å². The number of hydrogen-bond acceptors (Lipinski definition) is 3. The largest absolute Gasteiger partial charge is 0.305 e. The first-order valence-corrected chi connectivity index (χ1v) is 7.53. The molecule has 2 saturated carbocycles. The molecule has 1 aromatic heterocycles. The van der Waals surface area contributed by atoms with Gasteiger partial charge in [-0.1, -0.05) is 11.1 Å². The Balaban J connectivity index is 1.52. The lowest BCUT2D eigenvalue weighted by Gasteiger charge is -2.31. The maximum atomic E-state index is 4.38. The number of rotatable bonds is 3. The van der Waals surface area contributed by atoms with Gasteiger partial charge in [-0.25, -0.2) is 4.98 Å². The second kappa shape index (κ2) is 5.45. The highest BCUT2D eigenvalue weighted by atomic mass is 15.3. The molecule has 19 heavy (non-hydrogen) atoms. The van der Waals surface area contributed by atoms with Gasteiger partial charge in [0.2, 0.25) is 0 Å². The zero-order valence-corrected chi connectivity index (χ0v) is 12.0. The first kappa shape index (κ1) is 12.9. The molecule has 0 aromatic carbocycles. The highest BCUT2D eigenvalue weighted by molar-refractivity contribution is 5.21. The summed E-state index contributed by atoms with van der Waals surface area (Å²) in [6.45, 7) is 2.16. The molecule has 0 aliphatic heterocycles. The van der Waals surface area contributed by atoms with Crippen molar-refractivity contribution in [2.24, 2.45) is 7.05 Å². The Labute approximate surface area is 115 Å². The summed E-state index contributed by atoms with van der Waals surface area (Å²) in [5.41, 5.74) is 3.55. The van der Waals surface area contributed by atoms with Crippen LogP contribution in [0.3, 0.4) is 0 Å². The van der Waals surface area contributed by atoms with Crippen LogP contribution in [0.5, 0.6) is 0 Å². The molecule has 0 spiro atoms. The van der Waals surface area contributed by atoms with E-state index in [1.165, 1.54) is 44.9 Å². The van der Waals surface area contributed by atoms with Crippen LogP contribution in [0.1, 0.15) is 63.7 Å². The smallest absolute Gasteiger partial charge is 0.167 e. The van der Waals surface area contributed by atoms with Gasteiger partial charge in [0.05, 0.1) is 6.04 Å². The molecule has 1 aromatic rings. The van der Waals surface area contributed by atoms with Crippen LogP contribution in [0, 0.1) is 0 Å². The summed E-state index contributed by atoms with van der Waals surface area (Å²) < 4.78 is 1.77. The minimum atomic E-state index is 0.254. The van der Waals surface area contributed by atoms with Crippen LogP contribution in [0.2, 0.25) is 0 Å². The van der Waals surface area contributed by atoms with Crippen LogP contribution in [0.15, 0.2) is 17.5 Å². The summed E-state index contributed by atoms with van der Waals surface area (Å²) in [4.78, 5) is 4.33. The molecule has 2 aliphatic rings. The van der Waals surface area contributed by atoms with Gasteiger partial charge in [-0.15, -0.1) is 0 Å². The predicted molar refractivity (Wildman–Crippen MR) is 75.7 cm³/mol. The Bertz CT molecular complexity index is 458. The molecule has 4 heteroatoms. The molecule has 1 heterocycles. The molecule has 1 N–H and O–H groups in total. The van der Waals surface area contributed by atoms with Gasteiger partial charge in [-0.3, -0.25) is 4.68 Å². The molecule has 1 atom stereocenters. The summed E-state index contributed by atoms with van der Waals surface area (Å²) >= 11 is 0. The lowest BCUT2D eigenvalue weighted by atomic mass is 9.80. The molecular formula is C15H24N4. The average Bonchev–Trinajstić information content (AvgIpc) is 2.76. The van der Waals surface area contributed by atoms with Crippen LogP contribution < -0.4 is 5.32 Å². The van der Waals surface area contributed by atoms with Gasteiger partial charge < -0.3 is 5.32 Å². The third-order valence-electron chi connectivity index (χ3n) is 4.54. The van der Waals surface area contributed by atoms with E-state index in [-0.39, 0.29) is 6.04 Å². The number of allylic oxidation sites excluding steroid dienone is 2. The molecule has 2 fully saturated rings. The molecular weight excluding hydrogens is 236 g/mol. The SMILES string of the molecule is C[C@@H](NC1CCC(=C2CCC2)CC1)c1ncn(C)n1. The Kier molecular flexibility index (Phi) is 3.69. The summed E-state index contributed by atoms with van der Waals surface area (Å²) in [5, 5.41) is 8.06. The maximum Gasteiger partial charge on any atom is 0.167 e. The average molecular weight is 260 g/mol. The zero-order valence-electron chi connectivity index (χ0n) is 12.0. The van der Waals surface area contributed by atoms with Gasteiger partial charge in [0.1, 0.15) is 6.33 Å². The standard InChI is InChI=1S/C15H24N4/c1-11(15-16-10-19(2)18-15)17-14-8-6-13(7-9-14)12-4-3-5-12/h10-11,14,17H,3-9H2,1-2H3/t11-/m1/s1. The monoisotopic (exact) mass is 260 g/mol. The van der Waals surface area contributed by atoms with E-state index in [1.54, 1.807) is 22.2 Å². The van der Waals surface area contributed by atoms with Crippen molar-refractivity contribution in [3.63, 3.8) is 0 Å². The highest BCUT2D eigenvalue weighted by Crippen LogP contribution is 2.36. The minimum absolute atomic E-state index is 0.254. The number of nitrogens with zero attached hydrogens (tertiary/aromatic N) is 3. The fourth-order valence-electron chi connectivity index (χ4n) is 3.18. The van der Waals surface area contributed by atoms with E-state index in [4.69, 9.17) is 0 Å². The predicted octanol–water partition coefficient (Wildman–Crippen LogP) is 2.89. The van der Waals surface area contributed by atoms with Crippen molar-refractivity contribution in [3.05, 3.63) is 23.3 Å². The number of nitrogens with one attached hydrogen (secondary N) is 1. The molecule has 4 nitrogen and oxygen atoms in total. The first-order valence-electron chi connectivity index (χ1n) is 7.53. The van der Waals surface area contributed by atoms with Gasteiger partial charge in [0.15, 0.2) is 5.82 Å². The summed E-state index contributed by atoms with van der Waals surface area (Å²) in [6, 6.07) is 0.882. The topological polar surface area (TPSA) is 42.7 Å². The first-order chi connectivity index (χ1) is 9.22. The second-order valence-electron chi connectivity index (χ2n) is 6.00. The van der Waals surface area contributed by atoms with Crippen molar-refractivity contribution in [2.75, 3.05) is 0 Å². The van der Waals surface area contributed by atoms with Crippen molar-refractivity contribution < 1.29 is 0 Å². The molecule has 0 radical (unpaired) electrons. The highest BCUT2D eigenvalue weighted by Gasteiger charge is 2.23. The zero-order chi connectivity index (χ0) is 13.2. The van der Waals surface area contributed by atoms with E-state index < -0.39 is 0 Å². The fourth-order valence-corrected chi connectivity index (χ4v) is 3.18. The van der Waals surface area contributed by atoms with Crippen LogP contribution in [-0.4, -0.2) is 20.8 Å². The molecule has 2 aliphatic carbocycles. The van der Waals surface area contributed by atoms with E-state index in [0.717, 1.165) is 5.82 Å². The van der Waals surface area contributed by atoms with Gasteiger partial charge in [0.25, 0.3) is 0 Å². The lowest BCUT2D eigenvalue weighted by molar-refractivity contribution is 0.370. The third-order valence-corrected chi connectivity index (χ3v) is 4.54. The Hall–Kier alpha value is -1.16. The van der Waals surface area contributed by atoms with Crippen LogP contribution in [-0.2, 0) is 7.05 Å². The quantitative estimate of drug-likeness (QED) is 0.850. The molecule has 3 rings (SSSR count). The number of aromatic nitrogens is 3. The lowest BCUT2D eigenvalue weighted by Crippen LogP contribution is -2.34.